The molecule has 0 spiro atoms. The summed E-state index contributed by atoms with van der Waals surface area (Å²) in [7, 11) is 0. The summed E-state index contributed by atoms with van der Waals surface area (Å²) in [6.07, 6.45) is 0.860. The van der Waals surface area contributed by atoms with Crippen molar-refractivity contribution in [1.29, 1.82) is 0 Å². The second-order valence-electron chi connectivity index (χ2n) is 3.57. The molecule has 1 aliphatic heterocycles. The molecule has 1 fully saturated rings. The lowest BCUT2D eigenvalue weighted by atomic mass is 10.2. The molecular formula is C12H16O3S. The van der Waals surface area contributed by atoms with Crippen molar-refractivity contribution in [2.24, 2.45) is 0 Å². The standard InChI is InChI=1S/C12H16O3S/c13-9-10-3-1-2-4-11(10)16-8-5-12-14-6-7-15-12/h1-4,12-13H,5-9H2. The van der Waals surface area contributed by atoms with Crippen molar-refractivity contribution in [2.45, 2.75) is 24.2 Å². The molecule has 88 valence electrons. The van der Waals surface area contributed by atoms with E-state index in [-0.39, 0.29) is 12.9 Å². The minimum Gasteiger partial charge on any atom is -0.392 e. The van der Waals surface area contributed by atoms with E-state index in [4.69, 9.17) is 14.6 Å². The Bertz CT molecular complexity index is 324. The van der Waals surface area contributed by atoms with Gasteiger partial charge in [0.15, 0.2) is 6.29 Å². The third-order valence-corrected chi connectivity index (χ3v) is 3.59. The van der Waals surface area contributed by atoms with Crippen LogP contribution in [0, 0.1) is 0 Å². The molecule has 16 heavy (non-hydrogen) atoms. The van der Waals surface area contributed by atoms with E-state index in [1.807, 2.05) is 24.3 Å². The van der Waals surface area contributed by atoms with Crippen molar-refractivity contribution in [1.82, 2.24) is 0 Å². The van der Waals surface area contributed by atoms with E-state index < -0.39 is 0 Å². The second-order valence-corrected chi connectivity index (χ2v) is 4.71. The number of ether oxygens (including phenoxy) is 2. The molecule has 1 aromatic carbocycles. The lowest BCUT2D eigenvalue weighted by molar-refractivity contribution is -0.0421. The fourth-order valence-corrected chi connectivity index (χ4v) is 2.64. The van der Waals surface area contributed by atoms with Crippen molar-refractivity contribution in [3.8, 4) is 0 Å². The van der Waals surface area contributed by atoms with Gasteiger partial charge in [0, 0.05) is 17.1 Å². The third-order valence-electron chi connectivity index (χ3n) is 2.44. The molecule has 0 aromatic heterocycles. The average molecular weight is 240 g/mol. The predicted molar refractivity (Wildman–Crippen MR) is 63.4 cm³/mol. The van der Waals surface area contributed by atoms with Gasteiger partial charge in [-0.15, -0.1) is 11.8 Å². The largest absolute Gasteiger partial charge is 0.392 e. The quantitative estimate of drug-likeness (QED) is 0.799. The number of hydrogen-bond donors (Lipinski definition) is 1. The van der Waals surface area contributed by atoms with Gasteiger partial charge in [-0.05, 0) is 11.6 Å². The first-order valence-corrected chi connectivity index (χ1v) is 6.43. The molecule has 2 rings (SSSR count). The molecule has 0 amide bonds. The average Bonchev–Trinajstić information content (AvgIpc) is 2.83. The zero-order valence-electron chi connectivity index (χ0n) is 9.09. The minimum atomic E-state index is -0.0335. The summed E-state index contributed by atoms with van der Waals surface area (Å²) in [4.78, 5) is 1.14. The maximum Gasteiger partial charge on any atom is 0.158 e. The van der Waals surface area contributed by atoms with Crippen molar-refractivity contribution in [3.05, 3.63) is 29.8 Å². The SMILES string of the molecule is OCc1ccccc1SCCC1OCCO1. The van der Waals surface area contributed by atoms with Crippen LogP contribution in [-0.4, -0.2) is 30.4 Å². The van der Waals surface area contributed by atoms with E-state index in [2.05, 4.69) is 0 Å². The molecular weight excluding hydrogens is 224 g/mol. The smallest absolute Gasteiger partial charge is 0.158 e. The molecule has 0 bridgehead atoms. The van der Waals surface area contributed by atoms with E-state index in [1.165, 1.54) is 0 Å². The van der Waals surface area contributed by atoms with Gasteiger partial charge in [0.2, 0.25) is 0 Å². The Morgan fingerprint density at radius 3 is 2.75 bits per heavy atom. The van der Waals surface area contributed by atoms with Gasteiger partial charge in [0.1, 0.15) is 0 Å². The number of thioether (sulfide) groups is 1. The maximum absolute atomic E-state index is 9.17. The molecule has 1 aliphatic rings. The maximum atomic E-state index is 9.17. The van der Waals surface area contributed by atoms with Crippen LogP contribution in [0.15, 0.2) is 29.2 Å². The lowest BCUT2D eigenvalue weighted by Crippen LogP contribution is -2.08. The Balaban J connectivity index is 1.79. The Morgan fingerprint density at radius 1 is 1.25 bits per heavy atom. The molecule has 0 aliphatic carbocycles. The summed E-state index contributed by atoms with van der Waals surface area (Å²) < 4.78 is 10.7. The van der Waals surface area contributed by atoms with Crippen molar-refractivity contribution >= 4 is 11.8 Å². The van der Waals surface area contributed by atoms with Crippen LogP contribution >= 0.6 is 11.8 Å². The van der Waals surface area contributed by atoms with Crippen LogP contribution in [0.3, 0.4) is 0 Å². The fourth-order valence-electron chi connectivity index (χ4n) is 1.61. The first kappa shape index (κ1) is 11.9. The molecule has 3 nitrogen and oxygen atoms in total. The number of rotatable bonds is 5. The van der Waals surface area contributed by atoms with E-state index in [0.29, 0.717) is 13.2 Å². The van der Waals surface area contributed by atoms with Crippen LogP contribution in [-0.2, 0) is 16.1 Å². The zero-order chi connectivity index (χ0) is 11.2. The van der Waals surface area contributed by atoms with Crippen LogP contribution in [0.25, 0.3) is 0 Å². The molecule has 1 N–H and O–H groups in total. The first-order chi connectivity index (χ1) is 7.90. The fraction of sp³-hybridized carbons (Fsp3) is 0.500. The summed E-state index contributed by atoms with van der Waals surface area (Å²) in [5.41, 5.74) is 0.987. The molecule has 1 aromatic rings. The number of aliphatic hydroxyl groups excluding tert-OH is 1. The molecule has 4 heteroatoms. The van der Waals surface area contributed by atoms with Crippen LogP contribution < -0.4 is 0 Å². The summed E-state index contributed by atoms with van der Waals surface area (Å²) in [5.74, 6) is 0.946. The lowest BCUT2D eigenvalue weighted by Gasteiger charge is -2.09. The monoisotopic (exact) mass is 240 g/mol. The number of hydrogen-bond acceptors (Lipinski definition) is 4. The van der Waals surface area contributed by atoms with Crippen molar-refractivity contribution < 1.29 is 14.6 Å². The van der Waals surface area contributed by atoms with Gasteiger partial charge in [-0.2, -0.15) is 0 Å². The Labute approximate surface area is 99.8 Å². The van der Waals surface area contributed by atoms with Gasteiger partial charge in [-0.3, -0.25) is 0 Å². The van der Waals surface area contributed by atoms with Gasteiger partial charge in [-0.25, -0.2) is 0 Å². The molecule has 1 heterocycles. The van der Waals surface area contributed by atoms with Crippen LogP contribution in [0.4, 0.5) is 0 Å². The summed E-state index contributed by atoms with van der Waals surface area (Å²) in [6.45, 7) is 1.52. The normalized spacial score (nSPS) is 16.8. The molecule has 0 unspecified atom stereocenters. The van der Waals surface area contributed by atoms with Crippen molar-refractivity contribution in [3.63, 3.8) is 0 Å². The summed E-state index contributed by atoms with van der Waals surface area (Å²) in [6, 6.07) is 7.92. The van der Waals surface area contributed by atoms with Crippen LogP contribution in [0.5, 0.6) is 0 Å². The van der Waals surface area contributed by atoms with E-state index in [1.54, 1.807) is 11.8 Å². The number of aliphatic hydroxyl groups is 1. The van der Waals surface area contributed by atoms with Gasteiger partial charge in [0.25, 0.3) is 0 Å². The van der Waals surface area contributed by atoms with Crippen LogP contribution in [0.2, 0.25) is 0 Å². The highest BCUT2D eigenvalue weighted by molar-refractivity contribution is 7.99. The molecule has 1 saturated heterocycles. The highest BCUT2D eigenvalue weighted by Crippen LogP contribution is 2.24. The third kappa shape index (κ3) is 3.22. The summed E-state index contributed by atoms with van der Waals surface area (Å²) in [5, 5.41) is 9.17. The summed E-state index contributed by atoms with van der Waals surface area (Å²) >= 11 is 1.74. The molecule has 0 atom stereocenters. The highest BCUT2D eigenvalue weighted by atomic mass is 32.2. The van der Waals surface area contributed by atoms with E-state index in [9.17, 15) is 0 Å². The van der Waals surface area contributed by atoms with Crippen molar-refractivity contribution in [2.75, 3.05) is 19.0 Å². The minimum absolute atomic E-state index is 0.0335. The number of benzene rings is 1. The first-order valence-electron chi connectivity index (χ1n) is 5.45. The van der Waals surface area contributed by atoms with E-state index >= 15 is 0 Å². The van der Waals surface area contributed by atoms with Gasteiger partial charge < -0.3 is 14.6 Å². The topological polar surface area (TPSA) is 38.7 Å². The Hall–Kier alpha value is -0.550. The Morgan fingerprint density at radius 2 is 2.00 bits per heavy atom. The van der Waals surface area contributed by atoms with E-state index in [0.717, 1.165) is 22.6 Å². The van der Waals surface area contributed by atoms with Crippen LogP contribution in [0.1, 0.15) is 12.0 Å². The molecule has 0 radical (unpaired) electrons. The molecule has 0 saturated carbocycles. The zero-order valence-corrected chi connectivity index (χ0v) is 9.91. The second kappa shape index (κ2) is 6.25. The van der Waals surface area contributed by atoms with Gasteiger partial charge in [0.05, 0.1) is 19.8 Å². The van der Waals surface area contributed by atoms with Gasteiger partial charge in [-0.1, -0.05) is 18.2 Å². The highest BCUT2D eigenvalue weighted by Gasteiger charge is 2.15. The Kier molecular flexibility index (Phi) is 4.66. The van der Waals surface area contributed by atoms with Gasteiger partial charge >= 0.3 is 0 Å². The predicted octanol–water partition coefficient (Wildman–Crippen LogP) is 2.03.